The van der Waals surface area contributed by atoms with E-state index >= 15 is 0 Å². The Labute approximate surface area is 184 Å². The molecule has 1 aromatic rings. The smallest absolute Gasteiger partial charge is 0.251 e. The standard InChI is InChI=1S/C26H33FN2O2/c1-15-4-5-16(14-20(15)27)24(31)29-22-9-7-18-17-6-8-21-26(3,13-11-23(30)28-21)19(17)10-12-25(18,22)2/h4-5,11,13-14,17-19,21-22H,6-10,12H2,1-3H3,(H,28,30)(H,29,31)/t17-,18-,19+,21?,22?,25-,26+/m0/s1. The molecule has 3 fully saturated rings. The Morgan fingerprint density at radius 3 is 2.71 bits per heavy atom. The highest BCUT2D eigenvalue weighted by Crippen LogP contribution is 2.63. The predicted octanol–water partition coefficient (Wildman–Crippen LogP) is 4.53. The van der Waals surface area contributed by atoms with Crippen LogP contribution in [0, 0.1) is 41.3 Å². The molecule has 0 radical (unpaired) electrons. The van der Waals surface area contributed by atoms with Crippen molar-refractivity contribution in [2.24, 2.45) is 28.6 Å². The fraction of sp³-hybridized carbons (Fsp3) is 0.615. The molecule has 7 atom stereocenters. The van der Waals surface area contributed by atoms with Crippen molar-refractivity contribution in [3.8, 4) is 0 Å². The number of rotatable bonds is 2. The molecule has 2 unspecified atom stereocenters. The molecular weight excluding hydrogens is 391 g/mol. The minimum atomic E-state index is -0.332. The second-order valence-corrected chi connectivity index (χ2v) is 10.8. The van der Waals surface area contributed by atoms with E-state index in [1.165, 1.54) is 6.07 Å². The van der Waals surface area contributed by atoms with Crippen LogP contribution in [0.4, 0.5) is 4.39 Å². The van der Waals surface area contributed by atoms with Gasteiger partial charge in [-0.05, 0) is 92.4 Å². The van der Waals surface area contributed by atoms with Crippen molar-refractivity contribution < 1.29 is 14.0 Å². The van der Waals surface area contributed by atoms with E-state index in [2.05, 4.69) is 30.6 Å². The molecule has 1 aliphatic heterocycles. The van der Waals surface area contributed by atoms with Gasteiger partial charge in [-0.25, -0.2) is 4.39 Å². The van der Waals surface area contributed by atoms with Crippen LogP contribution < -0.4 is 10.6 Å². The predicted molar refractivity (Wildman–Crippen MR) is 118 cm³/mol. The minimum Gasteiger partial charge on any atom is -0.349 e. The average molecular weight is 425 g/mol. The number of amides is 2. The highest BCUT2D eigenvalue weighted by Gasteiger charge is 2.59. The summed E-state index contributed by atoms with van der Waals surface area (Å²) in [5, 5.41) is 6.48. The molecule has 4 nitrogen and oxygen atoms in total. The van der Waals surface area contributed by atoms with E-state index in [0.29, 0.717) is 28.9 Å². The summed E-state index contributed by atoms with van der Waals surface area (Å²) in [6.07, 6.45) is 10.4. The highest BCUT2D eigenvalue weighted by atomic mass is 19.1. The van der Waals surface area contributed by atoms with E-state index in [4.69, 9.17) is 0 Å². The molecule has 1 aromatic carbocycles. The monoisotopic (exact) mass is 424 g/mol. The van der Waals surface area contributed by atoms with Gasteiger partial charge in [-0.1, -0.05) is 26.0 Å². The van der Waals surface area contributed by atoms with Crippen molar-refractivity contribution in [2.45, 2.75) is 71.4 Å². The molecule has 2 amide bonds. The first-order chi connectivity index (χ1) is 14.7. The van der Waals surface area contributed by atoms with Crippen LogP contribution in [0.2, 0.25) is 0 Å². The van der Waals surface area contributed by atoms with Crippen LogP contribution in [0.1, 0.15) is 68.3 Å². The molecule has 3 saturated carbocycles. The number of carbonyl (C=O) groups is 2. The third-order valence-electron chi connectivity index (χ3n) is 9.43. The number of aryl methyl sites for hydroxylation is 1. The van der Waals surface area contributed by atoms with Crippen molar-refractivity contribution in [3.63, 3.8) is 0 Å². The van der Waals surface area contributed by atoms with Gasteiger partial charge in [0, 0.05) is 23.1 Å². The fourth-order valence-electron chi connectivity index (χ4n) is 7.55. The second kappa shape index (κ2) is 7.18. The van der Waals surface area contributed by atoms with E-state index in [-0.39, 0.29) is 40.5 Å². The Morgan fingerprint density at radius 1 is 1.13 bits per heavy atom. The van der Waals surface area contributed by atoms with Crippen LogP contribution in [-0.2, 0) is 4.79 Å². The molecule has 2 N–H and O–H groups in total. The van der Waals surface area contributed by atoms with Gasteiger partial charge in [-0.2, -0.15) is 0 Å². The third-order valence-corrected chi connectivity index (χ3v) is 9.43. The summed E-state index contributed by atoms with van der Waals surface area (Å²) in [5.41, 5.74) is 1.06. The first kappa shape index (κ1) is 20.7. The zero-order valence-electron chi connectivity index (χ0n) is 18.7. The Kier molecular flexibility index (Phi) is 4.80. The minimum absolute atomic E-state index is 0.0267. The van der Waals surface area contributed by atoms with Gasteiger partial charge in [-0.15, -0.1) is 0 Å². The normalized spacial score (nSPS) is 41.0. The molecule has 0 bridgehead atoms. The zero-order valence-corrected chi connectivity index (χ0v) is 18.7. The van der Waals surface area contributed by atoms with E-state index in [9.17, 15) is 14.0 Å². The van der Waals surface area contributed by atoms with E-state index in [1.54, 1.807) is 25.1 Å². The number of halogens is 1. The third kappa shape index (κ3) is 3.15. The van der Waals surface area contributed by atoms with E-state index < -0.39 is 0 Å². The van der Waals surface area contributed by atoms with Gasteiger partial charge < -0.3 is 10.6 Å². The Balaban J connectivity index is 1.35. The summed E-state index contributed by atoms with van der Waals surface area (Å²) in [4.78, 5) is 24.8. The molecule has 4 aliphatic rings. The summed E-state index contributed by atoms with van der Waals surface area (Å²) >= 11 is 0. The van der Waals surface area contributed by atoms with Crippen molar-refractivity contribution in [2.75, 3.05) is 0 Å². The van der Waals surface area contributed by atoms with Crippen molar-refractivity contribution in [3.05, 3.63) is 47.3 Å². The largest absolute Gasteiger partial charge is 0.349 e. The van der Waals surface area contributed by atoms with Crippen molar-refractivity contribution in [1.29, 1.82) is 0 Å². The number of hydrogen-bond acceptors (Lipinski definition) is 2. The lowest BCUT2D eigenvalue weighted by atomic mass is 9.48. The lowest BCUT2D eigenvalue weighted by Crippen LogP contribution is -2.60. The van der Waals surface area contributed by atoms with Crippen LogP contribution in [0.5, 0.6) is 0 Å². The lowest BCUT2D eigenvalue weighted by molar-refractivity contribution is -0.122. The molecule has 31 heavy (non-hydrogen) atoms. The lowest BCUT2D eigenvalue weighted by Gasteiger charge is -2.58. The molecule has 5 rings (SSSR count). The summed E-state index contributed by atoms with van der Waals surface area (Å²) in [6.45, 7) is 6.39. The first-order valence-electron chi connectivity index (χ1n) is 11.8. The number of carbonyl (C=O) groups excluding carboxylic acids is 2. The van der Waals surface area contributed by atoms with Crippen LogP contribution in [0.3, 0.4) is 0 Å². The summed E-state index contributed by atoms with van der Waals surface area (Å²) in [6, 6.07) is 5.10. The molecule has 0 spiro atoms. The van der Waals surface area contributed by atoms with Crippen LogP contribution in [-0.4, -0.2) is 23.9 Å². The fourth-order valence-corrected chi connectivity index (χ4v) is 7.55. The van der Waals surface area contributed by atoms with Gasteiger partial charge in [0.25, 0.3) is 5.91 Å². The number of fused-ring (bicyclic) bond motifs is 5. The van der Waals surface area contributed by atoms with Crippen LogP contribution in [0.15, 0.2) is 30.4 Å². The molecule has 0 saturated heterocycles. The van der Waals surface area contributed by atoms with Crippen molar-refractivity contribution in [1.82, 2.24) is 10.6 Å². The van der Waals surface area contributed by atoms with Gasteiger partial charge in [-0.3, -0.25) is 9.59 Å². The van der Waals surface area contributed by atoms with Crippen LogP contribution in [0.25, 0.3) is 0 Å². The maximum Gasteiger partial charge on any atom is 0.251 e. The molecule has 5 heteroatoms. The summed E-state index contributed by atoms with van der Waals surface area (Å²) < 4.78 is 14.0. The Hall–Kier alpha value is -2.17. The maximum absolute atomic E-state index is 14.0. The Morgan fingerprint density at radius 2 is 1.94 bits per heavy atom. The van der Waals surface area contributed by atoms with Gasteiger partial charge >= 0.3 is 0 Å². The molecule has 1 heterocycles. The SMILES string of the molecule is Cc1ccc(C(=O)NC2CC[C@H]3[C@@H]4CCC5NC(=O)C=C[C@]5(C)[C@@H]4CC[C@]23C)cc1F. The van der Waals surface area contributed by atoms with Crippen molar-refractivity contribution >= 4 is 11.8 Å². The molecule has 0 aromatic heterocycles. The van der Waals surface area contributed by atoms with E-state index in [0.717, 1.165) is 38.5 Å². The number of hydrogen-bond donors (Lipinski definition) is 2. The molecule has 166 valence electrons. The second-order valence-electron chi connectivity index (χ2n) is 10.8. The first-order valence-corrected chi connectivity index (χ1v) is 11.8. The van der Waals surface area contributed by atoms with Gasteiger partial charge in [0.1, 0.15) is 5.82 Å². The molecule has 3 aliphatic carbocycles. The topological polar surface area (TPSA) is 58.2 Å². The highest BCUT2D eigenvalue weighted by molar-refractivity contribution is 5.94. The van der Waals surface area contributed by atoms with Gasteiger partial charge in [0.05, 0.1) is 0 Å². The number of benzene rings is 1. The zero-order chi connectivity index (χ0) is 22.0. The quantitative estimate of drug-likeness (QED) is 0.733. The number of nitrogens with one attached hydrogen (secondary N) is 2. The van der Waals surface area contributed by atoms with E-state index in [1.807, 2.05) is 0 Å². The average Bonchev–Trinajstić information content (AvgIpc) is 3.07. The van der Waals surface area contributed by atoms with Crippen LogP contribution >= 0.6 is 0 Å². The summed E-state index contributed by atoms with van der Waals surface area (Å²) in [5.74, 6) is 1.32. The Bertz CT molecular complexity index is 959. The van der Waals surface area contributed by atoms with Gasteiger partial charge in [0.2, 0.25) is 5.91 Å². The van der Waals surface area contributed by atoms with Gasteiger partial charge in [0.15, 0.2) is 0 Å². The maximum atomic E-state index is 14.0. The summed E-state index contributed by atoms with van der Waals surface area (Å²) in [7, 11) is 0. The molecular formula is C26H33FN2O2.